The standard InChI is InChI=1S/C23H21NO5/c1-14-22(17-5-3-4-6-18(17)24-14)23(26)15(2)29-21(25)10-8-16-7-9-19-20(13-16)28-12-11-27-19/h3-10,13,15,24H,11-12H2,1-2H3/b10-8+/t15-/m1/s1. The number of H-pyrrole nitrogens is 1. The monoisotopic (exact) mass is 391 g/mol. The highest BCUT2D eigenvalue weighted by molar-refractivity contribution is 6.11. The van der Waals surface area contributed by atoms with Gasteiger partial charge in [-0.05, 0) is 43.7 Å². The van der Waals surface area contributed by atoms with Gasteiger partial charge in [-0.1, -0.05) is 24.3 Å². The van der Waals surface area contributed by atoms with Crippen molar-refractivity contribution in [1.29, 1.82) is 0 Å². The molecule has 0 saturated carbocycles. The molecule has 3 aromatic rings. The second kappa shape index (κ2) is 7.83. The number of hydrogen-bond donors (Lipinski definition) is 1. The van der Waals surface area contributed by atoms with Crippen molar-refractivity contribution < 1.29 is 23.8 Å². The summed E-state index contributed by atoms with van der Waals surface area (Å²) in [7, 11) is 0. The van der Waals surface area contributed by atoms with Crippen LogP contribution in [0.3, 0.4) is 0 Å². The third-order valence-electron chi connectivity index (χ3n) is 4.78. The van der Waals surface area contributed by atoms with Gasteiger partial charge in [0.15, 0.2) is 17.6 Å². The molecule has 2 heterocycles. The molecule has 0 aliphatic carbocycles. The fraction of sp³-hybridized carbons (Fsp3) is 0.217. The molecule has 0 radical (unpaired) electrons. The number of carbonyl (C=O) groups is 2. The van der Waals surface area contributed by atoms with Crippen molar-refractivity contribution in [2.45, 2.75) is 20.0 Å². The van der Waals surface area contributed by atoms with Crippen LogP contribution in [0.2, 0.25) is 0 Å². The minimum Gasteiger partial charge on any atom is -0.486 e. The molecule has 0 amide bonds. The van der Waals surface area contributed by atoms with Crippen LogP contribution >= 0.6 is 0 Å². The van der Waals surface area contributed by atoms with Gasteiger partial charge in [0.25, 0.3) is 0 Å². The Morgan fingerprint density at radius 1 is 1.10 bits per heavy atom. The minimum absolute atomic E-state index is 0.235. The molecule has 29 heavy (non-hydrogen) atoms. The van der Waals surface area contributed by atoms with Gasteiger partial charge in [0.1, 0.15) is 13.2 Å². The molecule has 0 spiro atoms. The van der Waals surface area contributed by atoms with Crippen LogP contribution < -0.4 is 9.47 Å². The van der Waals surface area contributed by atoms with E-state index in [-0.39, 0.29) is 5.78 Å². The number of fused-ring (bicyclic) bond motifs is 2. The molecule has 148 valence electrons. The highest BCUT2D eigenvalue weighted by Crippen LogP contribution is 2.31. The Kier molecular flexibility index (Phi) is 5.08. The van der Waals surface area contributed by atoms with E-state index in [1.54, 1.807) is 25.1 Å². The molecule has 1 atom stereocenters. The fourth-order valence-electron chi connectivity index (χ4n) is 3.39. The highest BCUT2D eigenvalue weighted by atomic mass is 16.6. The third-order valence-corrected chi connectivity index (χ3v) is 4.78. The number of aromatic nitrogens is 1. The topological polar surface area (TPSA) is 77.6 Å². The molecule has 1 aromatic heterocycles. The van der Waals surface area contributed by atoms with Gasteiger partial charge in [-0.15, -0.1) is 0 Å². The minimum atomic E-state index is -0.898. The molecule has 6 heteroatoms. The molecule has 1 aliphatic rings. The van der Waals surface area contributed by atoms with E-state index in [0.29, 0.717) is 30.3 Å². The van der Waals surface area contributed by atoms with E-state index >= 15 is 0 Å². The SMILES string of the molecule is Cc1[nH]c2ccccc2c1C(=O)[C@@H](C)OC(=O)/C=C/c1ccc2c(c1)OCCO2. The molecule has 0 bridgehead atoms. The van der Waals surface area contributed by atoms with E-state index in [2.05, 4.69) is 4.98 Å². The second-order valence-electron chi connectivity index (χ2n) is 6.85. The number of rotatable bonds is 5. The zero-order valence-corrected chi connectivity index (χ0v) is 16.2. The first-order valence-corrected chi connectivity index (χ1v) is 9.43. The summed E-state index contributed by atoms with van der Waals surface area (Å²) >= 11 is 0. The molecule has 2 aromatic carbocycles. The fourth-order valence-corrected chi connectivity index (χ4v) is 3.39. The Morgan fingerprint density at radius 2 is 1.86 bits per heavy atom. The van der Waals surface area contributed by atoms with E-state index in [1.165, 1.54) is 6.08 Å². The number of hydrogen-bond acceptors (Lipinski definition) is 5. The van der Waals surface area contributed by atoms with Gasteiger partial charge in [0.2, 0.25) is 5.78 Å². The van der Waals surface area contributed by atoms with Crippen molar-refractivity contribution in [3.63, 3.8) is 0 Å². The number of benzene rings is 2. The number of Topliss-reactive ketones (excluding diaryl/α,β-unsaturated/α-hetero) is 1. The van der Waals surface area contributed by atoms with Gasteiger partial charge in [-0.25, -0.2) is 4.79 Å². The average Bonchev–Trinajstić information content (AvgIpc) is 3.07. The number of para-hydroxylation sites is 1. The maximum Gasteiger partial charge on any atom is 0.331 e. The van der Waals surface area contributed by atoms with Crippen molar-refractivity contribution in [1.82, 2.24) is 4.98 Å². The summed E-state index contributed by atoms with van der Waals surface area (Å²) in [5.41, 5.74) is 2.96. The van der Waals surface area contributed by atoms with Crippen LogP contribution in [-0.4, -0.2) is 36.1 Å². The highest BCUT2D eigenvalue weighted by Gasteiger charge is 2.23. The zero-order chi connectivity index (χ0) is 20.4. The quantitative estimate of drug-likeness (QED) is 0.403. The van der Waals surface area contributed by atoms with Crippen LogP contribution in [0.4, 0.5) is 0 Å². The summed E-state index contributed by atoms with van der Waals surface area (Å²) in [6, 6.07) is 13.0. The Labute approximate surface area is 168 Å². The van der Waals surface area contributed by atoms with Crippen molar-refractivity contribution in [3.8, 4) is 11.5 Å². The van der Waals surface area contributed by atoms with Crippen LogP contribution in [0.25, 0.3) is 17.0 Å². The lowest BCUT2D eigenvalue weighted by atomic mass is 10.0. The number of ether oxygens (including phenoxy) is 3. The normalized spacial score (nSPS) is 14.1. The van der Waals surface area contributed by atoms with Crippen LogP contribution in [0.1, 0.15) is 28.5 Å². The first-order chi connectivity index (χ1) is 14.0. The second-order valence-corrected chi connectivity index (χ2v) is 6.85. The van der Waals surface area contributed by atoms with Crippen LogP contribution in [0.15, 0.2) is 48.5 Å². The maximum atomic E-state index is 12.9. The maximum absolute atomic E-state index is 12.9. The summed E-state index contributed by atoms with van der Waals surface area (Å²) in [6.45, 7) is 4.44. The van der Waals surface area contributed by atoms with Gasteiger partial charge < -0.3 is 19.2 Å². The summed E-state index contributed by atoms with van der Waals surface area (Å²) in [4.78, 5) is 28.3. The summed E-state index contributed by atoms with van der Waals surface area (Å²) in [5, 5.41) is 0.824. The smallest absolute Gasteiger partial charge is 0.331 e. The van der Waals surface area contributed by atoms with E-state index < -0.39 is 12.1 Å². The Hall–Kier alpha value is -3.54. The predicted octanol–water partition coefficient (Wildman–Crippen LogP) is 4.08. The number of esters is 1. The molecule has 6 nitrogen and oxygen atoms in total. The number of carbonyl (C=O) groups excluding carboxylic acids is 2. The lowest BCUT2D eigenvalue weighted by molar-refractivity contribution is -0.140. The molecule has 4 rings (SSSR count). The molecule has 0 fully saturated rings. The Balaban J connectivity index is 1.44. The van der Waals surface area contributed by atoms with E-state index in [9.17, 15) is 9.59 Å². The zero-order valence-electron chi connectivity index (χ0n) is 16.2. The number of nitrogens with one attached hydrogen (secondary N) is 1. The van der Waals surface area contributed by atoms with Gasteiger partial charge in [0, 0.05) is 28.2 Å². The molecule has 0 saturated heterocycles. The van der Waals surface area contributed by atoms with E-state index in [0.717, 1.165) is 22.2 Å². The molecule has 1 N–H and O–H groups in total. The van der Waals surface area contributed by atoms with Crippen molar-refractivity contribution in [2.24, 2.45) is 0 Å². The van der Waals surface area contributed by atoms with Gasteiger partial charge in [-0.3, -0.25) is 4.79 Å². The first-order valence-electron chi connectivity index (χ1n) is 9.43. The summed E-state index contributed by atoms with van der Waals surface area (Å²) in [5.74, 6) is 0.508. The summed E-state index contributed by atoms with van der Waals surface area (Å²) < 4.78 is 16.3. The van der Waals surface area contributed by atoms with E-state index in [4.69, 9.17) is 14.2 Å². The number of ketones is 1. The molecular formula is C23H21NO5. The van der Waals surface area contributed by atoms with Crippen molar-refractivity contribution >= 4 is 28.7 Å². The van der Waals surface area contributed by atoms with Crippen molar-refractivity contribution in [3.05, 3.63) is 65.4 Å². The molecular weight excluding hydrogens is 370 g/mol. The lowest BCUT2D eigenvalue weighted by Crippen LogP contribution is -2.24. The van der Waals surface area contributed by atoms with Crippen LogP contribution in [0, 0.1) is 6.92 Å². The molecule has 0 unspecified atom stereocenters. The summed E-state index contributed by atoms with van der Waals surface area (Å²) in [6.07, 6.45) is 2.02. The predicted molar refractivity (Wildman–Crippen MR) is 109 cm³/mol. The average molecular weight is 391 g/mol. The van der Waals surface area contributed by atoms with Crippen LogP contribution in [-0.2, 0) is 9.53 Å². The largest absolute Gasteiger partial charge is 0.486 e. The number of aryl methyl sites for hydroxylation is 1. The molecule has 1 aliphatic heterocycles. The van der Waals surface area contributed by atoms with Gasteiger partial charge in [0.05, 0.1) is 0 Å². The van der Waals surface area contributed by atoms with Crippen molar-refractivity contribution in [2.75, 3.05) is 13.2 Å². The third kappa shape index (κ3) is 3.87. The first kappa shape index (κ1) is 18.8. The number of aromatic amines is 1. The van der Waals surface area contributed by atoms with Gasteiger partial charge >= 0.3 is 5.97 Å². The Morgan fingerprint density at radius 3 is 2.69 bits per heavy atom. The lowest BCUT2D eigenvalue weighted by Gasteiger charge is -2.18. The van der Waals surface area contributed by atoms with Gasteiger partial charge in [-0.2, -0.15) is 0 Å². The van der Waals surface area contributed by atoms with Crippen LogP contribution in [0.5, 0.6) is 11.5 Å². The Bertz CT molecular complexity index is 1110. The van der Waals surface area contributed by atoms with E-state index in [1.807, 2.05) is 37.3 Å².